The van der Waals surface area contributed by atoms with Crippen LogP contribution < -0.4 is 5.82 Å². The quantitative estimate of drug-likeness (QED) is 0.0562. The Hall–Kier alpha value is -7.30. The molecule has 0 unspecified atom stereocenters. The Balaban J connectivity index is 1.11. The molecule has 0 aliphatic carbocycles. The van der Waals surface area contributed by atoms with Gasteiger partial charge in [-0.1, -0.05) is 61.5 Å². The van der Waals surface area contributed by atoms with Crippen LogP contribution in [-0.2, 0) is 47.5 Å². The van der Waals surface area contributed by atoms with Gasteiger partial charge in [0.25, 0.3) is 10.2 Å². The summed E-state index contributed by atoms with van der Waals surface area (Å²) in [6.07, 6.45) is -0.317. The molecular weight excluding hydrogens is 740 g/mol. The van der Waals surface area contributed by atoms with Crippen LogP contribution in [0.25, 0.3) is 44.6 Å². The number of rotatable bonds is 16. The number of esters is 1. The smallest absolute Gasteiger partial charge is 0.454 e. The van der Waals surface area contributed by atoms with Crippen LogP contribution in [-0.4, -0.2) is 48.0 Å². The summed E-state index contributed by atoms with van der Waals surface area (Å²) in [5.74, 6) is -0.580. The largest absolute Gasteiger partial charge is 0.519 e. The van der Waals surface area contributed by atoms with E-state index in [4.69, 9.17) is 23.5 Å². The molecule has 0 saturated heterocycles. The summed E-state index contributed by atoms with van der Waals surface area (Å²) in [6.45, 7) is 3.35. The molecule has 0 N–H and O–H groups in total. The molecule has 0 radical (unpaired) electrons. The van der Waals surface area contributed by atoms with Crippen molar-refractivity contribution >= 4 is 28.0 Å². The number of fused-ring (bicyclic) bond motifs is 2. The molecule has 3 heterocycles. The van der Waals surface area contributed by atoms with Crippen molar-refractivity contribution in [2.45, 2.75) is 52.4 Å². The monoisotopic (exact) mass is 776 g/mol. The number of ether oxygens (including phenoxy) is 1. The van der Waals surface area contributed by atoms with Crippen LogP contribution in [0.15, 0.2) is 98.6 Å². The lowest BCUT2D eigenvalue weighted by atomic mass is 9.98. The summed E-state index contributed by atoms with van der Waals surface area (Å²) >= 11 is 0. The summed E-state index contributed by atoms with van der Waals surface area (Å²) in [7, 11) is 2.02. The van der Waals surface area contributed by atoms with E-state index < -0.39 is 47.7 Å². The fraction of sp³-hybridized carbons (Fsp3) is 0.250. The van der Waals surface area contributed by atoms with Crippen LogP contribution in [0.4, 0.5) is 0 Å². The van der Waals surface area contributed by atoms with Gasteiger partial charge in [-0.3, -0.25) is 0 Å². The third-order valence-electron chi connectivity index (χ3n) is 9.47. The van der Waals surface area contributed by atoms with E-state index >= 15 is 0 Å². The van der Waals surface area contributed by atoms with Crippen LogP contribution in [0.2, 0.25) is 0 Å². The number of imidazole rings is 2. The number of nitrogens with zero attached hydrogens (tertiary/aromatic N) is 6. The van der Waals surface area contributed by atoms with Gasteiger partial charge in [0.15, 0.2) is 18.1 Å². The molecule has 7 rings (SSSR count). The van der Waals surface area contributed by atoms with E-state index in [1.807, 2.05) is 49.5 Å². The Morgan fingerprint density at radius 2 is 1.63 bits per heavy atom. The van der Waals surface area contributed by atoms with E-state index in [-0.39, 0.29) is 17.1 Å². The van der Waals surface area contributed by atoms with Gasteiger partial charge in [-0.05, 0) is 65.9 Å². The van der Waals surface area contributed by atoms with Gasteiger partial charge >= 0.3 is 11.8 Å². The van der Waals surface area contributed by atoms with Crippen molar-refractivity contribution in [2.75, 3.05) is 6.61 Å². The number of benzene rings is 4. The summed E-state index contributed by atoms with van der Waals surface area (Å²) in [5.41, 5.74) is 8.58. The fourth-order valence-electron chi connectivity index (χ4n) is 6.86. The Kier molecular flexibility index (Phi) is 10.8. The zero-order valence-corrected chi connectivity index (χ0v) is 31.1. The molecule has 4 aromatic carbocycles. The zero-order valence-electron chi connectivity index (χ0n) is 31.1. The highest BCUT2D eigenvalue weighted by Crippen LogP contribution is 2.31. The Morgan fingerprint density at radius 1 is 0.895 bits per heavy atom. The van der Waals surface area contributed by atoms with E-state index in [9.17, 15) is 29.8 Å². The fourth-order valence-corrected chi connectivity index (χ4v) is 6.86. The predicted octanol–water partition coefficient (Wildman–Crippen LogP) is 6.80. The van der Waals surface area contributed by atoms with E-state index in [0.717, 1.165) is 68.8 Å². The van der Waals surface area contributed by atoms with Crippen molar-refractivity contribution in [3.8, 4) is 22.5 Å². The maximum absolute atomic E-state index is 13.4. The highest BCUT2D eigenvalue weighted by atomic mass is 17.0. The maximum atomic E-state index is 13.4. The molecular formula is C40H36N6O11. The Labute approximate surface area is 323 Å². The maximum Gasteiger partial charge on any atom is 0.519 e. The molecule has 57 heavy (non-hydrogen) atoms. The molecule has 0 fully saturated rings. The summed E-state index contributed by atoms with van der Waals surface area (Å²) < 4.78 is 19.8. The average molecular weight is 777 g/mol. The number of hydrogen-bond acceptors (Lipinski definition) is 13. The highest BCUT2D eigenvalue weighted by Gasteiger charge is 2.25. The molecule has 17 nitrogen and oxygen atoms in total. The van der Waals surface area contributed by atoms with Crippen molar-refractivity contribution in [1.82, 2.24) is 19.1 Å². The average Bonchev–Trinajstić information content (AvgIpc) is 3.85. The number of hydrogen-bond donors (Lipinski definition) is 0. The summed E-state index contributed by atoms with van der Waals surface area (Å²) in [4.78, 5) is 65.4. The van der Waals surface area contributed by atoms with Crippen molar-refractivity contribution in [1.29, 1.82) is 0 Å². The second kappa shape index (κ2) is 16.2. The molecule has 7 aromatic rings. The molecule has 17 heteroatoms. The minimum Gasteiger partial charge on any atom is -0.454 e. The molecule has 0 saturated carbocycles. The van der Waals surface area contributed by atoms with Crippen LogP contribution in [0.3, 0.4) is 0 Å². The third-order valence-corrected chi connectivity index (χ3v) is 9.47. The zero-order chi connectivity index (χ0) is 40.2. The first-order valence-corrected chi connectivity index (χ1v) is 18.0. The van der Waals surface area contributed by atoms with Gasteiger partial charge in [-0.2, -0.15) is 0 Å². The lowest BCUT2D eigenvalue weighted by Gasteiger charge is -2.13. The van der Waals surface area contributed by atoms with Crippen molar-refractivity contribution in [3.05, 3.63) is 150 Å². The Bertz CT molecular complexity index is 2670. The van der Waals surface area contributed by atoms with Gasteiger partial charge in [-0.25, -0.2) is 19.6 Å². The van der Waals surface area contributed by atoms with Crippen LogP contribution >= 0.6 is 0 Å². The molecule has 0 bridgehead atoms. The molecule has 0 spiro atoms. The second-order valence-electron chi connectivity index (χ2n) is 13.3. The first-order chi connectivity index (χ1) is 27.5. The van der Waals surface area contributed by atoms with Crippen molar-refractivity contribution in [3.63, 3.8) is 0 Å². The lowest BCUT2D eigenvalue weighted by Crippen LogP contribution is -2.27. The number of carbonyl (C=O) groups is 1. The highest BCUT2D eigenvalue weighted by molar-refractivity contribution is 5.97. The molecule has 0 aliphatic rings. The number of carbonyl (C=O) groups excluding carboxylic acids is 1. The summed E-state index contributed by atoms with van der Waals surface area (Å²) in [6, 6.07) is 27.0. The molecule has 0 aliphatic heterocycles. The predicted molar refractivity (Wildman–Crippen MR) is 204 cm³/mol. The summed E-state index contributed by atoms with van der Waals surface area (Å²) in [5, 5.41) is 19.2. The number of aromatic nitrogens is 4. The third kappa shape index (κ3) is 8.22. The van der Waals surface area contributed by atoms with Gasteiger partial charge in [0, 0.05) is 32.0 Å². The lowest BCUT2D eigenvalue weighted by molar-refractivity contribution is -0.790. The first-order valence-electron chi connectivity index (χ1n) is 18.0. The molecule has 3 aromatic heterocycles. The van der Waals surface area contributed by atoms with Gasteiger partial charge < -0.3 is 32.4 Å². The van der Waals surface area contributed by atoms with Gasteiger partial charge in [0.1, 0.15) is 24.4 Å². The minimum absolute atomic E-state index is 0.224. The van der Waals surface area contributed by atoms with Crippen molar-refractivity contribution in [2.24, 2.45) is 7.05 Å². The van der Waals surface area contributed by atoms with Gasteiger partial charge in [-0.15, -0.1) is 20.2 Å². The topological polar surface area (TPSA) is 210 Å². The van der Waals surface area contributed by atoms with Crippen LogP contribution in [0.1, 0.15) is 52.2 Å². The second-order valence-corrected chi connectivity index (χ2v) is 13.3. The SMILES string of the molecule is CCCc1nc2c(C)cc(-c3nc4ccccc4n3C)cc2n1Cc1ccc(-c2ccccc2C(=O)OCc2oc(=O)oc2C[C@H](CO[N+](=O)[O-])O[N+](=O)[O-])cc1. The van der Waals surface area contributed by atoms with E-state index in [0.29, 0.717) is 12.1 Å². The number of para-hydroxylation sites is 2. The normalized spacial score (nSPS) is 11.8. The van der Waals surface area contributed by atoms with E-state index in [1.165, 1.54) is 0 Å². The Morgan fingerprint density at radius 3 is 2.37 bits per heavy atom. The molecule has 1 atom stereocenters. The standard InChI is InChI=1S/C40H36N6O11/c1-4-9-36-42-37-24(2)18-27(38-41-31-12-7-8-13-32(31)43(38)3)19-33(37)44(36)21-25-14-16-26(17-15-25)29-10-5-6-11-30(29)39(47)53-23-35-34(55-40(48)56-35)20-28(57-46(51)52)22-54-45(49)50/h5-8,10-19,28H,4,9,20-23H2,1-3H3/t28-/m1/s1. The molecule has 292 valence electrons. The van der Waals surface area contributed by atoms with Gasteiger partial charge in [0.2, 0.25) is 0 Å². The van der Waals surface area contributed by atoms with E-state index in [1.54, 1.807) is 24.3 Å². The van der Waals surface area contributed by atoms with Crippen molar-refractivity contribution < 1.29 is 38.2 Å². The van der Waals surface area contributed by atoms with E-state index in [2.05, 4.69) is 50.9 Å². The van der Waals surface area contributed by atoms with Gasteiger partial charge in [0.05, 0.1) is 27.6 Å². The van der Waals surface area contributed by atoms with Crippen LogP contribution in [0, 0.1) is 27.2 Å². The first kappa shape index (κ1) is 38.0. The minimum atomic E-state index is -1.52. The molecule has 0 amide bonds. The van der Waals surface area contributed by atoms with Crippen LogP contribution in [0.5, 0.6) is 0 Å². The number of aryl methyl sites for hydroxylation is 3.